The summed E-state index contributed by atoms with van der Waals surface area (Å²) in [5, 5.41) is 6.63. The van der Waals surface area contributed by atoms with Crippen LogP contribution >= 0.6 is 0 Å². The zero-order valence-corrected chi connectivity index (χ0v) is 14.5. The molecule has 128 valence electrons. The molecule has 5 heteroatoms. The maximum Gasteiger partial charge on any atom is 0.407 e. The fourth-order valence-electron chi connectivity index (χ4n) is 3.39. The first-order valence-electron chi connectivity index (χ1n) is 8.87. The molecule has 2 N–H and O–H groups in total. The van der Waals surface area contributed by atoms with Gasteiger partial charge in [0.05, 0.1) is 0 Å². The minimum Gasteiger partial charge on any atom is -0.444 e. The van der Waals surface area contributed by atoms with Gasteiger partial charge in [0, 0.05) is 12.1 Å². The fraction of sp³-hybridized carbons (Fsp3) is 0.941. The van der Waals surface area contributed by atoms with E-state index in [9.17, 15) is 4.79 Å². The van der Waals surface area contributed by atoms with Gasteiger partial charge in [-0.3, -0.25) is 0 Å². The lowest BCUT2D eigenvalue weighted by Gasteiger charge is -2.22. The first-order valence-corrected chi connectivity index (χ1v) is 8.87. The van der Waals surface area contributed by atoms with Crippen LogP contribution in [0.2, 0.25) is 0 Å². The van der Waals surface area contributed by atoms with Crippen LogP contribution in [0.25, 0.3) is 0 Å². The average Bonchev–Trinajstić information content (AvgIpc) is 3.04. The number of nitrogens with one attached hydrogen (secondary N) is 2. The van der Waals surface area contributed by atoms with Crippen LogP contribution in [-0.4, -0.2) is 54.9 Å². The van der Waals surface area contributed by atoms with Crippen molar-refractivity contribution in [3.8, 4) is 0 Å². The molecular weight excluding hydrogens is 278 g/mol. The van der Waals surface area contributed by atoms with Crippen LogP contribution in [0.3, 0.4) is 0 Å². The molecule has 2 atom stereocenters. The molecule has 0 aromatic heterocycles. The molecule has 0 aromatic rings. The van der Waals surface area contributed by atoms with Crippen LogP contribution in [0.1, 0.15) is 59.3 Å². The van der Waals surface area contributed by atoms with E-state index in [2.05, 4.69) is 15.5 Å². The van der Waals surface area contributed by atoms with Gasteiger partial charge in [0.25, 0.3) is 0 Å². The number of nitrogens with zero attached hydrogens (tertiary/aromatic N) is 1. The number of likely N-dealkylation sites (tertiary alicyclic amines) is 1. The predicted molar refractivity (Wildman–Crippen MR) is 89.1 cm³/mol. The Morgan fingerprint density at radius 2 is 1.86 bits per heavy atom. The van der Waals surface area contributed by atoms with Gasteiger partial charge in [-0.1, -0.05) is 0 Å². The van der Waals surface area contributed by atoms with Gasteiger partial charge < -0.3 is 20.3 Å². The van der Waals surface area contributed by atoms with Crippen LogP contribution in [0, 0.1) is 0 Å². The highest BCUT2D eigenvalue weighted by Gasteiger charge is 2.27. The summed E-state index contributed by atoms with van der Waals surface area (Å²) in [7, 11) is 0. The average molecular weight is 311 g/mol. The highest BCUT2D eigenvalue weighted by atomic mass is 16.6. The lowest BCUT2D eigenvalue weighted by Crippen LogP contribution is -2.39. The zero-order chi connectivity index (χ0) is 16.0. The molecule has 2 fully saturated rings. The SMILES string of the molecule is CC(C)(C)OC(=O)NC1CCC(NCCCN2CCCC2)C1. The summed E-state index contributed by atoms with van der Waals surface area (Å²) in [6.45, 7) is 10.6. The normalized spacial score (nSPS) is 26.3. The maximum absolute atomic E-state index is 11.8. The third kappa shape index (κ3) is 6.53. The predicted octanol–water partition coefficient (Wildman–Crippen LogP) is 2.51. The standard InChI is InChI=1S/C17H33N3O2/c1-17(2,3)22-16(21)19-15-8-7-14(13-15)18-9-6-12-20-10-4-5-11-20/h14-15,18H,4-13H2,1-3H3,(H,19,21). The van der Waals surface area contributed by atoms with E-state index in [4.69, 9.17) is 4.74 Å². The summed E-state index contributed by atoms with van der Waals surface area (Å²) >= 11 is 0. The largest absolute Gasteiger partial charge is 0.444 e. The summed E-state index contributed by atoms with van der Waals surface area (Å²) in [4.78, 5) is 14.3. The molecule has 1 saturated heterocycles. The Labute approximate surface area is 135 Å². The van der Waals surface area contributed by atoms with E-state index in [-0.39, 0.29) is 12.1 Å². The van der Waals surface area contributed by atoms with Crippen LogP contribution < -0.4 is 10.6 Å². The van der Waals surface area contributed by atoms with Gasteiger partial charge in [-0.05, 0) is 85.5 Å². The molecule has 2 unspecified atom stereocenters. The van der Waals surface area contributed by atoms with Crippen molar-refractivity contribution in [3.05, 3.63) is 0 Å². The molecule has 1 aliphatic heterocycles. The summed E-state index contributed by atoms with van der Waals surface area (Å²) < 4.78 is 5.31. The van der Waals surface area contributed by atoms with Crippen molar-refractivity contribution in [2.45, 2.75) is 77.0 Å². The molecule has 0 aromatic carbocycles. The zero-order valence-electron chi connectivity index (χ0n) is 14.5. The van der Waals surface area contributed by atoms with E-state index in [1.807, 2.05) is 20.8 Å². The second-order valence-electron chi connectivity index (χ2n) is 7.71. The Morgan fingerprint density at radius 3 is 2.55 bits per heavy atom. The van der Waals surface area contributed by atoms with Gasteiger partial charge in [0.2, 0.25) is 0 Å². The van der Waals surface area contributed by atoms with E-state index in [0.717, 1.165) is 25.8 Å². The molecule has 2 aliphatic rings. The van der Waals surface area contributed by atoms with Crippen molar-refractivity contribution in [1.29, 1.82) is 0 Å². The second kappa shape index (κ2) is 8.16. The minimum absolute atomic E-state index is 0.255. The fourth-order valence-corrected chi connectivity index (χ4v) is 3.39. The monoisotopic (exact) mass is 311 g/mol. The number of carbonyl (C=O) groups is 1. The molecule has 2 rings (SSSR count). The summed E-state index contributed by atoms with van der Waals surface area (Å²) in [6.07, 6.45) is 6.88. The second-order valence-corrected chi connectivity index (χ2v) is 7.71. The molecule has 0 spiro atoms. The molecule has 1 heterocycles. The van der Waals surface area contributed by atoms with Gasteiger partial charge in [0.1, 0.15) is 5.60 Å². The first-order chi connectivity index (χ1) is 10.4. The smallest absolute Gasteiger partial charge is 0.407 e. The molecule has 22 heavy (non-hydrogen) atoms. The summed E-state index contributed by atoms with van der Waals surface area (Å²) in [5.74, 6) is 0. The van der Waals surface area contributed by atoms with Gasteiger partial charge in [-0.25, -0.2) is 4.79 Å². The summed E-state index contributed by atoms with van der Waals surface area (Å²) in [5.41, 5.74) is -0.421. The number of carbonyl (C=O) groups excluding carboxylic acids is 1. The Kier molecular flexibility index (Phi) is 6.50. The molecule has 0 radical (unpaired) electrons. The number of hydrogen-bond donors (Lipinski definition) is 2. The summed E-state index contributed by atoms with van der Waals surface area (Å²) in [6, 6.07) is 0.796. The van der Waals surface area contributed by atoms with Crippen LogP contribution in [0.4, 0.5) is 4.79 Å². The van der Waals surface area contributed by atoms with E-state index in [1.54, 1.807) is 0 Å². The number of rotatable bonds is 6. The minimum atomic E-state index is -0.421. The Bertz CT molecular complexity index is 348. The number of alkyl carbamates (subject to hydrolysis) is 1. The van der Waals surface area contributed by atoms with Gasteiger partial charge in [-0.15, -0.1) is 0 Å². The number of amides is 1. The van der Waals surface area contributed by atoms with Gasteiger partial charge in [0.15, 0.2) is 0 Å². The topological polar surface area (TPSA) is 53.6 Å². The van der Waals surface area contributed by atoms with Crippen molar-refractivity contribution in [2.24, 2.45) is 0 Å². The van der Waals surface area contributed by atoms with E-state index in [0.29, 0.717) is 6.04 Å². The van der Waals surface area contributed by atoms with Crippen molar-refractivity contribution in [2.75, 3.05) is 26.2 Å². The maximum atomic E-state index is 11.8. The Balaban J connectivity index is 1.54. The van der Waals surface area contributed by atoms with Crippen LogP contribution in [0.15, 0.2) is 0 Å². The number of hydrogen-bond acceptors (Lipinski definition) is 4. The van der Waals surface area contributed by atoms with E-state index >= 15 is 0 Å². The first kappa shape index (κ1) is 17.5. The molecular formula is C17H33N3O2. The molecule has 0 bridgehead atoms. The van der Waals surface area contributed by atoms with Crippen LogP contribution in [0.5, 0.6) is 0 Å². The molecule has 1 aliphatic carbocycles. The molecule has 1 saturated carbocycles. The lowest BCUT2D eigenvalue weighted by molar-refractivity contribution is 0.0505. The Hall–Kier alpha value is -0.810. The van der Waals surface area contributed by atoms with Crippen LogP contribution in [-0.2, 0) is 4.74 Å². The lowest BCUT2D eigenvalue weighted by atomic mass is 10.2. The van der Waals surface area contributed by atoms with Crippen molar-refractivity contribution in [3.63, 3.8) is 0 Å². The Morgan fingerprint density at radius 1 is 1.18 bits per heavy atom. The highest BCUT2D eigenvalue weighted by Crippen LogP contribution is 2.20. The number of ether oxygens (including phenoxy) is 1. The van der Waals surface area contributed by atoms with Crippen molar-refractivity contribution in [1.82, 2.24) is 15.5 Å². The van der Waals surface area contributed by atoms with E-state index < -0.39 is 5.60 Å². The van der Waals surface area contributed by atoms with Crippen molar-refractivity contribution < 1.29 is 9.53 Å². The third-order valence-electron chi connectivity index (χ3n) is 4.44. The van der Waals surface area contributed by atoms with E-state index in [1.165, 1.54) is 38.9 Å². The van der Waals surface area contributed by atoms with Crippen molar-refractivity contribution >= 4 is 6.09 Å². The quantitative estimate of drug-likeness (QED) is 0.740. The molecule has 5 nitrogen and oxygen atoms in total. The van der Waals surface area contributed by atoms with Gasteiger partial charge in [-0.2, -0.15) is 0 Å². The molecule has 1 amide bonds. The third-order valence-corrected chi connectivity index (χ3v) is 4.44. The highest BCUT2D eigenvalue weighted by molar-refractivity contribution is 5.68. The van der Waals surface area contributed by atoms with Gasteiger partial charge >= 0.3 is 6.09 Å².